The fourth-order valence-corrected chi connectivity index (χ4v) is 3.75. The van der Waals surface area contributed by atoms with Crippen LogP contribution in [-0.4, -0.2) is 23.8 Å². The Kier molecular flexibility index (Phi) is 3.20. The molecule has 88 valence electrons. The molecule has 2 fully saturated rings. The third-order valence-corrected chi connectivity index (χ3v) is 4.89. The molecule has 0 amide bonds. The van der Waals surface area contributed by atoms with Crippen LogP contribution in [0.15, 0.2) is 10.7 Å². The lowest BCUT2D eigenvalue weighted by atomic mass is 9.98. The third kappa shape index (κ3) is 2.13. The molecule has 0 aliphatic carbocycles. The summed E-state index contributed by atoms with van der Waals surface area (Å²) in [6.45, 7) is 2.20. The lowest BCUT2D eigenvalue weighted by molar-refractivity contribution is 0.374. The standard InChI is InChI=1S/C12H18N2OS/c1-2-11(16-7-1)10-8-15-12(14-10)9-3-5-13-6-4-9/h8-9,11,13H,1-7H2. The molecule has 0 saturated carbocycles. The summed E-state index contributed by atoms with van der Waals surface area (Å²) in [6, 6.07) is 0. The highest BCUT2D eigenvalue weighted by atomic mass is 32.2. The molecule has 2 aliphatic heterocycles. The quantitative estimate of drug-likeness (QED) is 0.859. The van der Waals surface area contributed by atoms with Crippen molar-refractivity contribution in [3.05, 3.63) is 17.8 Å². The highest BCUT2D eigenvalue weighted by Crippen LogP contribution is 2.40. The summed E-state index contributed by atoms with van der Waals surface area (Å²) in [7, 11) is 0. The first-order valence-electron chi connectivity index (χ1n) is 6.21. The van der Waals surface area contributed by atoms with Crippen molar-refractivity contribution in [2.75, 3.05) is 18.8 Å². The Morgan fingerprint density at radius 2 is 2.19 bits per heavy atom. The van der Waals surface area contributed by atoms with Gasteiger partial charge < -0.3 is 9.73 Å². The molecule has 16 heavy (non-hydrogen) atoms. The maximum atomic E-state index is 5.66. The van der Waals surface area contributed by atoms with Gasteiger partial charge in [0.1, 0.15) is 6.26 Å². The van der Waals surface area contributed by atoms with Gasteiger partial charge in [-0.1, -0.05) is 0 Å². The molecule has 1 aromatic heterocycles. The van der Waals surface area contributed by atoms with E-state index in [0.717, 1.165) is 31.8 Å². The van der Waals surface area contributed by atoms with Crippen molar-refractivity contribution in [3.8, 4) is 0 Å². The summed E-state index contributed by atoms with van der Waals surface area (Å²) in [5.41, 5.74) is 1.18. The smallest absolute Gasteiger partial charge is 0.197 e. The molecule has 0 radical (unpaired) electrons. The van der Waals surface area contributed by atoms with E-state index in [1.807, 2.05) is 18.0 Å². The minimum absolute atomic E-state index is 0.543. The Bertz CT molecular complexity index is 341. The van der Waals surface area contributed by atoms with Crippen molar-refractivity contribution < 1.29 is 4.42 Å². The van der Waals surface area contributed by atoms with E-state index in [0.29, 0.717) is 11.2 Å². The van der Waals surface area contributed by atoms with Crippen LogP contribution in [0.1, 0.15) is 48.4 Å². The second kappa shape index (κ2) is 4.80. The van der Waals surface area contributed by atoms with E-state index in [1.165, 1.54) is 24.3 Å². The summed E-state index contributed by atoms with van der Waals surface area (Å²) < 4.78 is 5.66. The van der Waals surface area contributed by atoms with Gasteiger partial charge in [-0.25, -0.2) is 4.98 Å². The predicted molar refractivity (Wildman–Crippen MR) is 65.8 cm³/mol. The Morgan fingerprint density at radius 3 is 2.94 bits per heavy atom. The summed E-state index contributed by atoms with van der Waals surface area (Å²) in [5.74, 6) is 2.80. The number of hydrogen-bond acceptors (Lipinski definition) is 4. The molecule has 1 atom stereocenters. The molecule has 1 N–H and O–H groups in total. The van der Waals surface area contributed by atoms with Gasteiger partial charge >= 0.3 is 0 Å². The van der Waals surface area contributed by atoms with Crippen LogP contribution >= 0.6 is 11.8 Å². The first kappa shape index (κ1) is 10.7. The summed E-state index contributed by atoms with van der Waals surface area (Å²) in [6.07, 6.45) is 6.81. The molecule has 3 heterocycles. The molecule has 3 rings (SSSR count). The number of rotatable bonds is 2. The second-order valence-electron chi connectivity index (χ2n) is 4.64. The largest absolute Gasteiger partial charge is 0.448 e. The Balaban J connectivity index is 1.71. The van der Waals surface area contributed by atoms with Gasteiger partial charge in [-0.3, -0.25) is 0 Å². The molecule has 1 unspecified atom stereocenters. The lowest BCUT2D eigenvalue weighted by Gasteiger charge is -2.19. The summed E-state index contributed by atoms with van der Waals surface area (Å²) in [5, 5.41) is 3.97. The molecular formula is C12H18N2OS. The normalized spacial score (nSPS) is 27.4. The molecular weight excluding hydrogens is 220 g/mol. The molecule has 1 aromatic rings. The third-order valence-electron chi connectivity index (χ3n) is 3.49. The molecule has 2 saturated heterocycles. The SMILES string of the molecule is c1oc(C2CCNCC2)nc1C1CCCS1. The minimum atomic E-state index is 0.543. The van der Waals surface area contributed by atoms with Gasteiger partial charge in [0.25, 0.3) is 0 Å². The van der Waals surface area contributed by atoms with Gasteiger partial charge in [-0.05, 0) is 44.5 Å². The van der Waals surface area contributed by atoms with Crippen LogP contribution in [0.25, 0.3) is 0 Å². The van der Waals surface area contributed by atoms with Crippen molar-refractivity contribution >= 4 is 11.8 Å². The number of piperidine rings is 1. The topological polar surface area (TPSA) is 38.1 Å². The van der Waals surface area contributed by atoms with Gasteiger partial charge in [-0.2, -0.15) is 11.8 Å². The Hall–Kier alpha value is -0.480. The van der Waals surface area contributed by atoms with Crippen molar-refractivity contribution in [2.24, 2.45) is 0 Å². The molecule has 3 nitrogen and oxygen atoms in total. The fraction of sp³-hybridized carbons (Fsp3) is 0.750. The Morgan fingerprint density at radius 1 is 1.31 bits per heavy atom. The second-order valence-corrected chi connectivity index (χ2v) is 5.95. The van der Waals surface area contributed by atoms with E-state index < -0.39 is 0 Å². The van der Waals surface area contributed by atoms with Crippen LogP contribution in [0.4, 0.5) is 0 Å². The molecule has 0 bridgehead atoms. The minimum Gasteiger partial charge on any atom is -0.448 e. The van der Waals surface area contributed by atoms with Crippen LogP contribution in [0, 0.1) is 0 Å². The molecule has 0 aromatic carbocycles. The predicted octanol–water partition coefficient (Wildman–Crippen LogP) is 2.71. The molecule has 4 heteroatoms. The monoisotopic (exact) mass is 238 g/mol. The molecule has 0 spiro atoms. The lowest BCUT2D eigenvalue weighted by Crippen LogP contribution is -2.26. The zero-order valence-corrected chi connectivity index (χ0v) is 10.3. The van der Waals surface area contributed by atoms with Crippen molar-refractivity contribution in [2.45, 2.75) is 36.9 Å². The number of oxazole rings is 1. The van der Waals surface area contributed by atoms with Gasteiger partial charge in [-0.15, -0.1) is 0 Å². The molecule has 2 aliphatic rings. The average molecular weight is 238 g/mol. The highest BCUT2D eigenvalue weighted by molar-refractivity contribution is 7.99. The van der Waals surface area contributed by atoms with Crippen LogP contribution in [0.5, 0.6) is 0 Å². The number of nitrogens with one attached hydrogen (secondary N) is 1. The van der Waals surface area contributed by atoms with E-state index in [9.17, 15) is 0 Å². The number of aromatic nitrogens is 1. The van der Waals surface area contributed by atoms with Gasteiger partial charge in [0.15, 0.2) is 5.89 Å². The first-order chi connectivity index (χ1) is 7.93. The van der Waals surface area contributed by atoms with Crippen molar-refractivity contribution in [1.29, 1.82) is 0 Å². The number of thioether (sulfide) groups is 1. The zero-order valence-electron chi connectivity index (χ0n) is 9.45. The van der Waals surface area contributed by atoms with Gasteiger partial charge in [0, 0.05) is 5.92 Å². The highest BCUT2D eigenvalue weighted by Gasteiger charge is 2.24. The van der Waals surface area contributed by atoms with Crippen LogP contribution in [0.3, 0.4) is 0 Å². The van der Waals surface area contributed by atoms with Gasteiger partial charge in [0.2, 0.25) is 0 Å². The number of nitrogens with zero attached hydrogens (tertiary/aromatic N) is 1. The Labute approximate surface area is 100 Å². The first-order valence-corrected chi connectivity index (χ1v) is 7.26. The van der Waals surface area contributed by atoms with E-state index in [-0.39, 0.29) is 0 Å². The van der Waals surface area contributed by atoms with Crippen molar-refractivity contribution in [1.82, 2.24) is 10.3 Å². The zero-order chi connectivity index (χ0) is 10.8. The average Bonchev–Trinajstić information content (AvgIpc) is 3.01. The fourth-order valence-electron chi connectivity index (χ4n) is 2.52. The van der Waals surface area contributed by atoms with Crippen LogP contribution < -0.4 is 5.32 Å². The van der Waals surface area contributed by atoms with E-state index in [1.54, 1.807) is 0 Å². The summed E-state index contributed by atoms with van der Waals surface area (Å²) in [4.78, 5) is 4.70. The van der Waals surface area contributed by atoms with Crippen LogP contribution in [0.2, 0.25) is 0 Å². The van der Waals surface area contributed by atoms with Crippen LogP contribution in [-0.2, 0) is 0 Å². The van der Waals surface area contributed by atoms with Gasteiger partial charge in [0.05, 0.1) is 10.9 Å². The number of hydrogen-bond donors (Lipinski definition) is 1. The van der Waals surface area contributed by atoms with E-state index >= 15 is 0 Å². The summed E-state index contributed by atoms with van der Waals surface area (Å²) >= 11 is 2.02. The maximum Gasteiger partial charge on any atom is 0.197 e. The maximum absolute atomic E-state index is 5.66. The van der Waals surface area contributed by atoms with E-state index in [4.69, 9.17) is 9.40 Å². The van der Waals surface area contributed by atoms with E-state index in [2.05, 4.69) is 5.32 Å². The van der Waals surface area contributed by atoms with Crippen molar-refractivity contribution in [3.63, 3.8) is 0 Å².